The van der Waals surface area contributed by atoms with Crippen molar-refractivity contribution in [1.82, 2.24) is 0 Å². The van der Waals surface area contributed by atoms with E-state index in [1.807, 2.05) is 6.92 Å². The summed E-state index contributed by atoms with van der Waals surface area (Å²) in [6, 6.07) is 10.5. The van der Waals surface area contributed by atoms with Crippen LogP contribution < -0.4 is 9.04 Å². The fraction of sp³-hybridized carbons (Fsp3) is 0.278. The van der Waals surface area contributed by atoms with Crippen LogP contribution in [0.5, 0.6) is 5.75 Å². The number of ether oxygens (including phenoxy) is 2. The largest absolute Gasteiger partial charge is 0.494 e. The van der Waals surface area contributed by atoms with E-state index in [0.717, 1.165) is 4.31 Å². The zero-order chi connectivity index (χ0) is 19.3. The van der Waals surface area contributed by atoms with E-state index >= 15 is 0 Å². The van der Waals surface area contributed by atoms with Crippen LogP contribution in [0, 0.1) is 0 Å². The zero-order valence-electron chi connectivity index (χ0n) is 14.7. The van der Waals surface area contributed by atoms with Crippen LogP contribution in [0.25, 0.3) is 0 Å². The molecule has 2 aromatic rings. The molecule has 0 amide bonds. The number of methoxy groups -OCH3 is 1. The highest BCUT2D eigenvalue weighted by molar-refractivity contribution is 7.92. The van der Waals surface area contributed by atoms with E-state index in [9.17, 15) is 13.2 Å². The van der Waals surface area contributed by atoms with E-state index < -0.39 is 16.0 Å². The monoisotopic (exact) mass is 397 g/mol. The van der Waals surface area contributed by atoms with Gasteiger partial charge in [-0.05, 0) is 56.3 Å². The van der Waals surface area contributed by atoms with Crippen LogP contribution in [0.4, 0.5) is 5.69 Å². The summed E-state index contributed by atoms with van der Waals surface area (Å²) in [7, 11) is -2.61. The van der Waals surface area contributed by atoms with Gasteiger partial charge in [-0.2, -0.15) is 0 Å². The minimum absolute atomic E-state index is 0.0994. The summed E-state index contributed by atoms with van der Waals surface area (Å²) in [5.74, 6) is 0.0117. The molecule has 0 heterocycles. The number of benzene rings is 2. The topological polar surface area (TPSA) is 72.9 Å². The Kier molecular flexibility index (Phi) is 6.50. The maximum Gasteiger partial charge on any atom is 0.337 e. The Labute approximate surface area is 158 Å². The Hall–Kier alpha value is -2.25. The summed E-state index contributed by atoms with van der Waals surface area (Å²) in [6.45, 7) is 4.16. The number of rotatable bonds is 7. The molecule has 0 aliphatic rings. The van der Waals surface area contributed by atoms with Gasteiger partial charge >= 0.3 is 5.97 Å². The fourth-order valence-electron chi connectivity index (χ4n) is 2.42. The van der Waals surface area contributed by atoms with Crippen molar-refractivity contribution in [2.24, 2.45) is 0 Å². The maximum absolute atomic E-state index is 13.0. The standard InChI is InChI=1S/C18H20ClNO5S/c1-4-20(17-12-13(18(21)24-3)6-11-16(17)19)26(22,23)15-9-7-14(8-10-15)25-5-2/h6-12H,4-5H2,1-3H3. The van der Waals surface area contributed by atoms with Crippen molar-refractivity contribution < 1.29 is 22.7 Å². The van der Waals surface area contributed by atoms with Crippen molar-refractivity contribution in [2.45, 2.75) is 18.7 Å². The van der Waals surface area contributed by atoms with E-state index in [4.69, 9.17) is 16.3 Å². The van der Waals surface area contributed by atoms with Crippen LogP contribution in [-0.4, -0.2) is 34.6 Å². The predicted molar refractivity (Wildman–Crippen MR) is 101 cm³/mol. The third kappa shape index (κ3) is 4.11. The number of sulfonamides is 1. The first-order valence-electron chi connectivity index (χ1n) is 7.98. The van der Waals surface area contributed by atoms with Crippen molar-refractivity contribution in [2.75, 3.05) is 24.6 Å². The van der Waals surface area contributed by atoms with Gasteiger partial charge in [0.1, 0.15) is 5.75 Å². The van der Waals surface area contributed by atoms with Gasteiger partial charge < -0.3 is 9.47 Å². The lowest BCUT2D eigenvalue weighted by atomic mass is 10.2. The van der Waals surface area contributed by atoms with Gasteiger partial charge in [0.25, 0.3) is 10.0 Å². The molecule has 26 heavy (non-hydrogen) atoms. The molecule has 8 heteroatoms. The second kappa shape index (κ2) is 8.42. The van der Waals surface area contributed by atoms with Crippen LogP contribution in [0.1, 0.15) is 24.2 Å². The van der Waals surface area contributed by atoms with Crippen molar-refractivity contribution in [1.29, 1.82) is 0 Å². The molecule has 0 spiro atoms. The lowest BCUT2D eigenvalue weighted by Gasteiger charge is -2.24. The quantitative estimate of drug-likeness (QED) is 0.665. The van der Waals surface area contributed by atoms with Crippen molar-refractivity contribution in [3.63, 3.8) is 0 Å². The second-order valence-corrected chi connectivity index (χ2v) is 7.50. The number of esters is 1. The summed E-state index contributed by atoms with van der Waals surface area (Å²) in [5.41, 5.74) is 0.429. The Balaban J connectivity index is 2.48. The first-order valence-corrected chi connectivity index (χ1v) is 9.80. The molecule has 0 unspecified atom stereocenters. The molecule has 0 atom stereocenters. The molecule has 0 saturated carbocycles. The zero-order valence-corrected chi connectivity index (χ0v) is 16.3. The van der Waals surface area contributed by atoms with E-state index in [1.54, 1.807) is 19.1 Å². The molecule has 0 N–H and O–H groups in total. The summed E-state index contributed by atoms with van der Waals surface area (Å²) < 4.78 is 37.3. The van der Waals surface area contributed by atoms with Gasteiger partial charge in [-0.25, -0.2) is 13.2 Å². The summed E-state index contributed by atoms with van der Waals surface area (Å²) >= 11 is 6.20. The number of halogens is 1. The molecule has 6 nitrogen and oxygen atoms in total. The van der Waals surface area contributed by atoms with Crippen molar-refractivity contribution in [3.05, 3.63) is 53.1 Å². The Morgan fingerprint density at radius 2 is 1.77 bits per heavy atom. The van der Waals surface area contributed by atoms with Crippen LogP contribution in [0.15, 0.2) is 47.4 Å². The minimum atomic E-state index is -3.87. The SMILES string of the molecule is CCOc1ccc(S(=O)(=O)N(CC)c2cc(C(=O)OC)ccc2Cl)cc1. The Morgan fingerprint density at radius 3 is 2.31 bits per heavy atom. The Bertz CT molecular complexity index is 881. The van der Waals surface area contributed by atoms with Crippen molar-refractivity contribution in [3.8, 4) is 5.75 Å². The van der Waals surface area contributed by atoms with Gasteiger partial charge in [0, 0.05) is 6.54 Å². The summed E-state index contributed by atoms with van der Waals surface area (Å²) in [5, 5.41) is 0.217. The van der Waals surface area contributed by atoms with Gasteiger partial charge in [-0.1, -0.05) is 11.6 Å². The Morgan fingerprint density at radius 1 is 1.12 bits per heavy atom. The van der Waals surface area contributed by atoms with E-state index in [-0.39, 0.29) is 27.7 Å². The molecule has 2 aromatic carbocycles. The molecule has 0 bridgehead atoms. The summed E-state index contributed by atoms with van der Waals surface area (Å²) in [4.78, 5) is 11.9. The van der Waals surface area contributed by atoms with Gasteiger partial charge in [0.2, 0.25) is 0 Å². The van der Waals surface area contributed by atoms with Crippen LogP contribution in [0.3, 0.4) is 0 Å². The van der Waals surface area contributed by atoms with E-state index in [0.29, 0.717) is 12.4 Å². The van der Waals surface area contributed by atoms with Gasteiger partial charge in [-0.15, -0.1) is 0 Å². The highest BCUT2D eigenvalue weighted by Gasteiger charge is 2.26. The predicted octanol–water partition coefficient (Wildman–Crippen LogP) is 3.74. The highest BCUT2D eigenvalue weighted by atomic mass is 35.5. The third-order valence-corrected chi connectivity index (χ3v) is 5.87. The lowest BCUT2D eigenvalue weighted by Crippen LogP contribution is -2.31. The second-order valence-electron chi connectivity index (χ2n) is 5.23. The molecule has 0 aliphatic carbocycles. The first-order chi connectivity index (χ1) is 12.3. The van der Waals surface area contributed by atoms with Crippen molar-refractivity contribution >= 4 is 33.3 Å². The first kappa shape index (κ1) is 20.1. The van der Waals surface area contributed by atoms with Crippen LogP contribution in [0.2, 0.25) is 5.02 Å². The minimum Gasteiger partial charge on any atom is -0.494 e. The molecular formula is C18H20ClNO5S. The number of nitrogens with zero attached hydrogens (tertiary/aromatic N) is 1. The molecule has 0 radical (unpaired) electrons. The smallest absolute Gasteiger partial charge is 0.337 e. The van der Waals surface area contributed by atoms with Gasteiger partial charge in [-0.3, -0.25) is 4.31 Å². The number of anilines is 1. The average molecular weight is 398 g/mol. The molecule has 0 saturated heterocycles. The number of carbonyl (C=O) groups excluding carboxylic acids is 1. The fourth-order valence-corrected chi connectivity index (χ4v) is 4.17. The molecular weight excluding hydrogens is 378 g/mol. The molecule has 0 aliphatic heterocycles. The van der Waals surface area contributed by atoms with Crippen LogP contribution >= 0.6 is 11.6 Å². The molecule has 140 valence electrons. The van der Waals surface area contributed by atoms with Crippen LogP contribution in [-0.2, 0) is 14.8 Å². The summed E-state index contributed by atoms with van der Waals surface area (Å²) in [6.07, 6.45) is 0. The maximum atomic E-state index is 13.0. The number of carbonyl (C=O) groups is 1. The third-order valence-electron chi connectivity index (χ3n) is 3.65. The molecule has 2 rings (SSSR count). The molecule has 0 fully saturated rings. The highest BCUT2D eigenvalue weighted by Crippen LogP contribution is 2.32. The number of hydrogen-bond donors (Lipinski definition) is 0. The van der Waals surface area contributed by atoms with Gasteiger partial charge in [0.05, 0.1) is 34.9 Å². The molecule has 0 aromatic heterocycles. The number of hydrogen-bond acceptors (Lipinski definition) is 5. The normalized spacial score (nSPS) is 11.1. The lowest BCUT2D eigenvalue weighted by molar-refractivity contribution is 0.0600. The van der Waals surface area contributed by atoms with E-state index in [1.165, 1.54) is 37.4 Å². The average Bonchev–Trinajstić information content (AvgIpc) is 2.63. The van der Waals surface area contributed by atoms with E-state index in [2.05, 4.69) is 4.74 Å². The van der Waals surface area contributed by atoms with Gasteiger partial charge in [0.15, 0.2) is 0 Å².